The molecule has 0 spiro atoms. The van der Waals surface area contributed by atoms with Gasteiger partial charge in [0.2, 0.25) is 0 Å². The zero-order valence-electron chi connectivity index (χ0n) is 15.3. The number of alkyl halides is 2. The minimum Gasteiger partial charge on any atom is -0.320 e. The van der Waals surface area contributed by atoms with Gasteiger partial charge >= 0.3 is 13.3 Å². The Hall–Kier alpha value is -0.770. The maximum Gasteiger partial charge on any atom is 0.399 e. The van der Waals surface area contributed by atoms with Crippen molar-refractivity contribution in [3.8, 4) is 0 Å². The first-order chi connectivity index (χ1) is 13.3. The van der Waals surface area contributed by atoms with Crippen molar-refractivity contribution in [2.24, 2.45) is 5.92 Å². The molecule has 1 aliphatic carbocycles. The SMILES string of the molecule is CS(=O)(=O)c1cccc(/C=C/CSCC2C=C(Br)C(C(F)(F)P(=O)(O)O)=CC2)c1. The molecule has 1 aromatic rings. The van der Waals surface area contributed by atoms with Crippen molar-refractivity contribution in [2.75, 3.05) is 17.8 Å². The molecule has 1 atom stereocenters. The molecule has 0 aliphatic heterocycles. The topological polar surface area (TPSA) is 91.7 Å². The Bertz CT molecular complexity index is 999. The molecular weight excluding hydrogens is 509 g/mol. The van der Waals surface area contributed by atoms with Crippen LogP contribution in [-0.4, -0.2) is 41.6 Å². The van der Waals surface area contributed by atoms with Crippen molar-refractivity contribution in [1.29, 1.82) is 0 Å². The first-order valence-electron chi connectivity index (χ1n) is 8.38. The molecule has 0 aromatic heterocycles. The molecule has 0 saturated carbocycles. The van der Waals surface area contributed by atoms with Gasteiger partial charge in [-0.2, -0.15) is 20.5 Å². The highest BCUT2D eigenvalue weighted by molar-refractivity contribution is 9.12. The van der Waals surface area contributed by atoms with Gasteiger partial charge in [-0.15, -0.1) is 0 Å². The minimum atomic E-state index is -5.59. The van der Waals surface area contributed by atoms with Crippen LogP contribution in [0.3, 0.4) is 0 Å². The van der Waals surface area contributed by atoms with Crippen LogP contribution in [0, 0.1) is 5.92 Å². The van der Waals surface area contributed by atoms with E-state index in [-0.39, 0.29) is 21.7 Å². The summed E-state index contributed by atoms with van der Waals surface area (Å²) in [5, 5.41) is 0. The van der Waals surface area contributed by atoms with Crippen molar-refractivity contribution in [3.05, 3.63) is 58.1 Å². The number of halogens is 3. The Morgan fingerprint density at radius 3 is 2.66 bits per heavy atom. The molecule has 1 unspecified atom stereocenters. The van der Waals surface area contributed by atoms with Crippen LogP contribution >= 0.6 is 35.3 Å². The molecule has 29 heavy (non-hydrogen) atoms. The number of benzene rings is 1. The van der Waals surface area contributed by atoms with Gasteiger partial charge in [0, 0.05) is 27.8 Å². The highest BCUT2D eigenvalue weighted by Gasteiger charge is 2.53. The Morgan fingerprint density at radius 1 is 1.38 bits per heavy atom. The van der Waals surface area contributed by atoms with E-state index in [0.29, 0.717) is 11.5 Å². The quantitative estimate of drug-likeness (QED) is 0.370. The minimum absolute atomic E-state index is 0.00388. The third-order valence-electron chi connectivity index (χ3n) is 4.10. The molecular formula is C18H20BrF2O5PS2. The van der Waals surface area contributed by atoms with E-state index in [1.54, 1.807) is 36.0 Å². The van der Waals surface area contributed by atoms with E-state index in [1.807, 2.05) is 12.2 Å². The summed E-state index contributed by atoms with van der Waals surface area (Å²) in [5.41, 5.74) is -4.14. The number of hydrogen-bond acceptors (Lipinski definition) is 4. The zero-order chi connectivity index (χ0) is 21.9. The number of sulfone groups is 1. The smallest absolute Gasteiger partial charge is 0.320 e. The molecule has 0 heterocycles. The lowest BCUT2D eigenvalue weighted by molar-refractivity contribution is 0.0982. The molecule has 160 valence electrons. The van der Waals surface area contributed by atoms with E-state index in [0.717, 1.165) is 11.8 Å². The van der Waals surface area contributed by atoms with E-state index in [2.05, 4.69) is 15.9 Å². The highest BCUT2D eigenvalue weighted by atomic mass is 79.9. The Kier molecular flexibility index (Phi) is 8.09. The molecule has 0 amide bonds. The zero-order valence-corrected chi connectivity index (χ0v) is 19.4. The molecule has 0 saturated heterocycles. The van der Waals surface area contributed by atoms with E-state index in [4.69, 9.17) is 9.79 Å². The number of hydrogen-bond donors (Lipinski definition) is 2. The van der Waals surface area contributed by atoms with Gasteiger partial charge in [-0.25, -0.2) is 8.42 Å². The van der Waals surface area contributed by atoms with Crippen LogP contribution in [0.25, 0.3) is 6.08 Å². The molecule has 0 fully saturated rings. The first-order valence-corrected chi connectivity index (χ1v) is 13.8. The predicted octanol–water partition coefficient (Wildman–Crippen LogP) is 4.83. The number of rotatable bonds is 8. The Morgan fingerprint density at radius 2 is 2.07 bits per heavy atom. The van der Waals surface area contributed by atoms with Gasteiger partial charge in [-0.1, -0.05) is 52.4 Å². The third-order valence-corrected chi connectivity index (χ3v) is 7.96. The molecule has 2 N–H and O–H groups in total. The molecule has 1 aromatic carbocycles. The molecule has 2 rings (SSSR count). The van der Waals surface area contributed by atoms with Gasteiger partial charge in [0.15, 0.2) is 9.84 Å². The lowest BCUT2D eigenvalue weighted by atomic mass is 9.98. The maximum atomic E-state index is 13.9. The lowest BCUT2D eigenvalue weighted by Gasteiger charge is -2.25. The van der Waals surface area contributed by atoms with Crippen molar-refractivity contribution in [2.45, 2.75) is 17.0 Å². The summed E-state index contributed by atoms with van der Waals surface area (Å²) >= 11 is 4.56. The van der Waals surface area contributed by atoms with Gasteiger partial charge < -0.3 is 9.79 Å². The second-order valence-corrected chi connectivity index (χ2v) is 12.1. The molecule has 1 aliphatic rings. The fraction of sp³-hybridized carbons (Fsp3) is 0.333. The average molecular weight is 529 g/mol. The van der Waals surface area contributed by atoms with E-state index < -0.39 is 28.7 Å². The normalized spacial score (nSPS) is 18.6. The fourth-order valence-electron chi connectivity index (χ4n) is 2.59. The van der Waals surface area contributed by atoms with Gasteiger partial charge in [-0.3, -0.25) is 4.57 Å². The Labute approximate surface area is 181 Å². The monoisotopic (exact) mass is 528 g/mol. The Balaban J connectivity index is 1.89. The standard InChI is InChI=1S/C18H20BrF2O5PS2/c1-29(25,26)15-6-2-4-13(10-15)5-3-9-28-12-14-7-8-16(17(19)11-14)18(20,21)27(22,23)24/h2-6,8,10-11,14H,7,9,12H2,1H3,(H2,22,23,24)/b5-3+. The number of thioether (sulfide) groups is 1. The van der Waals surface area contributed by atoms with Crippen molar-refractivity contribution >= 4 is 51.2 Å². The highest BCUT2D eigenvalue weighted by Crippen LogP contribution is 2.59. The second-order valence-electron chi connectivity index (χ2n) is 6.50. The van der Waals surface area contributed by atoms with Crippen molar-refractivity contribution in [1.82, 2.24) is 0 Å². The maximum absolute atomic E-state index is 13.9. The first kappa shape index (κ1) is 24.5. The van der Waals surface area contributed by atoms with Crippen LogP contribution in [0.15, 0.2) is 57.4 Å². The van der Waals surface area contributed by atoms with Crippen LogP contribution in [0.5, 0.6) is 0 Å². The van der Waals surface area contributed by atoms with Crippen LogP contribution in [0.4, 0.5) is 8.78 Å². The molecule has 0 bridgehead atoms. The average Bonchev–Trinajstić information content (AvgIpc) is 2.60. The summed E-state index contributed by atoms with van der Waals surface area (Å²) in [5.74, 6) is 1.22. The fourth-order valence-corrected chi connectivity index (χ4v) is 5.63. The summed E-state index contributed by atoms with van der Waals surface area (Å²) in [6.45, 7) is 0. The number of allylic oxidation sites excluding steroid dienone is 4. The lowest BCUT2D eigenvalue weighted by Crippen LogP contribution is -2.22. The molecule has 11 heteroatoms. The summed E-state index contributed by atoms with van der Waals surface area (Å²) in [6, 6.07) is 6.59. The van der Waals surface area contributed by atoms with Gasteiger partial charge in [0.05, 0.1) is 4.90 Å². The summed E-state index contributed by atoms with van der Waals surface area (Å²) in [7, 11) is -8.85. The second kappa shape index (κ2) is 9.58. The van der Waals surface area contributed by atoms with Gasteiger partial charge in [-0.05, 0) is 30.0 Å². The van der Waals surface area contributed by atoms with Crippen LogP contribution in [0.2, 0.25) is 0 Å². The van der Waals surface area contributed by atoms with Gasteiger partial charge in [0.1, 0.15) is 0 Å². The van der Waals surface area contributed by atoms with Crippen LogP contribution in [-0.2, 0) is 14.4 Å². The summed E-state index contributed by atoms with van der Waals surface area (Å²) in [4.78, 5) is 18.0. The third kappa shape index (κ3) is 6.60. The van der Waals surface area contributed by atoms with Crippen molar-refractivity contribution in [3.63, 3.8) is 0 Å². The van der Waals surface area contributed by atoms with Gasteiger partial charge in [0.25, 0.3) is 0 Å². The molecule has 5 nitrogen and oxygen atoms in total. The van der Waals surface area contributed by atoms with Crippen LogP contribution in [0.1, 0.15) is 12.0 Å². The van der Waals surface area contributed by atoms with Crippen LogP contribution < -0.4 is 0 Å². The van der Waals surface area contributed by atoms with E-state index in [1.165, 1.54) is 12.1 Å². The summed E-state index contributed by atoms with van der Waals surface area (Å²) in [6.07, 6.45) is 7.82. The largest absolute Gasteiger partial charge is 0.399 e. The predicted molar refractivity (Wildman–Crippen MR) is 116 cm³/mol. The molecule has 0 radical (unpaired) electrons. The van der Waals surface area contributed by atoms with Crippen molar-refractivity contribution < 1.29 is 31.6 Å². The van der Waals surface area contributed by atoms with E-state index >= 15 is 0 Å². The summed E-state index contributed by atoms with van der Waals surface area (Å²) < 4.78 is 61.9. The van der Waals surface area contributed by atoms with E-state index in [9.17, 15) is 21.8 Å².